The van der Waals surface area contributed by atoms with Crippen LogP contribution in [-0.2, 0) is 5.41 Å². The Labute approximate surface area is 150 Å². The van der Waals surface area contributed by atoms with Gasteiger partial charge in [-0.1, -0.05) is 48.0 Å². The summed E-state index contributed by atoms with van der Waals surface area (Å²) in [5, 5.41) is 6.73. The van der Waals surface area contributed by atoms with Crippen molar-refractivity contribution < 1.29 is 4.79 Å². The first kappa shape index (κ1) is 17.7. The fourth-order valence-electron chi connectivity index (χ4n) is 3.84. The molecule has 0 radical (unpaired) electrons. The zero-order chi connectivity index (χ0) is 17.7. The second-order valence-corrected chi connectivity index (χ2v) is 7.25. The van der Waals surface area contributed by atoms with Crippen molar-refractivity contribution in [2.24, 2.45) is 0 Å². The highest BCUT2D eigenvalue weighted by molar-refractivity contribution is 5.95. The number of carbonyl (C=O) groups is 1. The fourth-order valence-corrected chi connectivity index (χ4v) is 3.84. The van der Waals surface area contributed by atoms with E-state index in [1.807, 2.05) is 31.2 Å². The van der Waals surface area contributed by atoms with Crippen molar-refractivity contribution in [2.75, 3.05) is 19.6 Å². The third-order valence-electron chi connectivity index (χ3n) is 5.40. The van der Waals surface area contributed by atoms with Crippen LogP contribution in [-0.4, -0.2) is 25.5 Å². The molecule has 1 atom stereocenters. The molecule has 2 aromatic carbocycles. The lowest BCUT2D eigenvalue weighted by atomic mass is 9.74. The molecule has 0 saturated carbocycles. The molecule has 2 aromatic rings. The van der Waals surface area contributed by atoms with E-state index in [0.29, 0.717) is 6.54 Å². The quantitative estimate of drug-likeness (QED) is 0.893. The number of nitrogens with one attached hydrogen (secondary N) is 2. The number of carbonyl (C=O) groups excluding carboxylic acids is 1. The van der Waals surface area contributed by atoms with Crippen molar-refractivity contribution in [1.29, 1.82) is 0 Å². The Morgan fingerprint density at radius 1 is 1.08 bits per heavy atom. The van der Waals surface area contributed by atoms with Gasteiger partial charge in [0.1, 0.15) is 0 Å². The molecular weight excluding hydrogens is 308 g/mol. The maximum absolute atomic E-state index is 12.7. The van der Waals surface area contributed by atoms with Crippen molar-refractivity contribution in [3.05, 3.63) is 70.8 Å². The number of benzene rings is 2. The molecule has 25 heavy (non-hydrogen) atoms. The van der Waals surface area contributed by atoms with Crippen molar-refractivity contribution in [1.82, 2.24) is 10.6 Å². The molecule has 1 unspecified atom stereocenters. The second-order valence-electron chi connectivity index (χ2n) is 7.25. The van der Waals surface area contributed by atoms with Crippen LogP contribution in [0.3, 0.4) is 0 Å². The summed E-state index contributed by atoms with van der Waals surface area (Å²) in [6.45, 7) is 6.86. The predicted octanol–water partition coefficient (Wildman–Crippen LogP) is 3.74. The predicted molar refractivity (Wildman–Crippen MR) is 103 cm³/mol. The lowest BCUT2D eigenvalue weighted by Crippen LogP contribution is -2.41. The first-order chi connectivity index (χ1) is 12.1. The molecule has 0 bridgehead atoms. The second kappa shape index (κ2) is 7.83. The summed E-state index contributed by atoms with van der Waals surface area (Å²) in [6.07, 6.45) is 3.27. The van der Waals surface area contributed by atoms with Gasteiger partial charge >= 0.3 is 0 Å². The van der Waals surface area contributed by atoms with Gasteiger partial charge in [-0.3, -0.25) is 4.79 Å². The lowest BCUT2D eigenvalue weighted by Gasteiger charge is -2.34. The van der Waals surface area contributed by atoms with E-state index in [4.69, 9.17) is 0 Å². The van der Waals surface area contributed by atoms with E-state index in [9.17, 15) is 4.79 Å². The molecule has 1 heterocycles. The summed E-state index contributed by atoms with van der Waals surface area (Å²) in [6, 6.07) is 16.6. The summed E-state index contributed by atoms with van der Waals surface area (Å²) in [5.41, 5.74) is 4.43. The van der Waals surface area contributed by atoms with Crippen LogP contribution in [0.2, 0.25) is 0 Å². The first-order valence-corrected chi connectivity index (χ1v) is 9.22. The van der Waals surface area contributed by atoms with Crippen LogP contribution in [0, 0.1) is 13.8 Å². The fraction of sp³-hybridized carbons (Fsp3) is 0.409. The van der Waals surface area contributed by atoms with Crippen LogP contribution in [0.1, 0.15) is 46.3 Å². The molecule has 0 spiro atoms. The normalized spacial score (nSPS) is 20.7. The molecule has 3 nitrogen and oxygen atoms in total. The van der Waals surface area contributed by atoms with Crippen molar-refractivity contribution >= 4 is 5.91 Å². The van der Waals surface area contributed by atoms with E-state index in [-0.39, 0.29) is 11.3 Å². The molecule has 0 aromatic heterocycles. The highest BCUT2D eigenvalue weighted by Crippen LogP contribution is 2.34. The molecule has 3 rings (SSSR count). The molecule has 2 N–H and O–H groups in total. The van der Waals surface area contributed by atoms with E-state index >= 15 is 0 Å². The Bertz CT molecular complexity index is 730. The van der Waals surface area contributed by atoms with Crippen molar-refractivity contribution in [3.63, 3.8) is 0 Å². The standard InChI is InChI=1S/C22H28N2O/c1-17-7-5-9-19(15-17)22(11-6-13-23-14-12-22)16-24-21(25)20-10-4-3-8-18(20)2/h3-5,7-10,15,23H,6,11-14,16H2,1-2H3,(H,24,25). The lowest BCUT2D eigenvalue weighted by molar-refractivity contribution is 0.0940. The SMILES string of the molecule is Cc1cccc(C2(CNC(=O)c3ccccc3C)CCCNCC2)c1. The van der Waals surface area contributed by atoms with Crippen molar-refractivity contribution in [3.8, 4) is 0 Å². The monoisotopic (exact) mass is 336 g/mol. The molecule has 1 amide bonds. The van der Waals surface area contributed by atoms with E-state index in [1.54, 1.807) is 0 Å². The summed E-state index contributed by atoms with van der Waals surface area (Å²) in [4.78, 5) is 12.7. The summed E-state index contributed by atoms with van der Waals surface area (Å²) < 4.78 is 0. The van der Waals surface area contributed by atoms with Gasteiger partial charge in [0.25, 0.3) is 5.91 Å². The maximum atomic E-state index is 12.7. The molecule has 1 aliphatic rings. The molecular formula is C22H28N2O. The Hall–Kier alpha value is -2.13. The molecule has 3 heteroatoms. The summed E-state index contributed by atoms with van der Waals surface area (Å²) >= 11 is 0. The van der Waals surface area contributed by atoms with Crippen molar-refractivity contribution in [2.45, 2.75) is 38.5 Å². The van der Waals surface area contributed by atoms with Crippen LogP contribution in [0.5, 0.6) is 0 Å². The molecule has 1 aliphatic heterocycles. The zero-order valence-electron chi connectivity index (χ0n) is 15.3. The molecule has 1 fully saturated rings. The van der Waals surface area contributed by atoms with Crippen LogP contribution in [0.4, 0.5) is 0 Å². The van der Waals surface area contributed by atoms with Crippen LogP contribution in [0.15, 0.2) is 48.5 Å². The van der Waals surface area contributed by atoms with Gasteiger partial charge < -0.3 is 10.6 Å². The Morgan fingerprint density at radius 3 is 2.72 bits per heavy atom. The van der Waals surface area contributed by atoms with E-state index < -0.39 is 0 Å². The Morgan fingerprint density at radius 2 is 1.92 bits per heavy atom. The van der Waals surface area contributed by atoms with E-state index in [1.165, 1.54) is 11.1 Å². The number of aryl methyl sites for hydroxylation is 2. The largest absolute Gasteiger partial charge is 0.351 e. The Balaban J connectivity index is 1.83. The molecule has 1 saturated heterocycles. The highest BCUT2D eigenvalue weighted by Gasteiger charge is 2.33. The maximum Gasteiger partial charge on any atom is 0.251 e. The van der Waals surface area contributed by atoms with Gasteiger partial charge in [0, 0.05) is 17.5 Å². The van der Waals surface area contributed by atoms with Gasteiger partial charge in [-0.05, 0) is 63.4 Å². The zero-order valence-corrected chi connectivity index (χ0v) is 15.3. The average molecular weight is 336 g/mol. The van der Waals surface area contributed by atoms with Gasteiger partial charge in [0.05, 0.1) is 0 Å². The van der Waals surface area contributed by atoms with Gasteiger partial charge in [-0.2, -0.15) is 0 Å². The van der Waals surface area contributed by atoms with E-state index in [0.717, 1.165) is 43.5 Å². The number of rotatable bonds is 4. The van der Waals surface area contributed by atoms with Crippen LogP contribution < -0.4 is 10.6 Å². The summed E-state index contributed by atoms with van der Waals surface area (Å²) in [5.74, 6) is 0.0299. The topological polar surface area (TPSA) is 41.1 Å². The number of amides is 1. The third-order valence-corrected chi connectivity index (χ3v) is 5.40. The van der Waals surface area contributed by atoms with Crippen LogP contribution >= 0.6 is 0 Å². The van der Waals surface area contributed by atoms with Gasteiger partial charge in [-0.25, -0.2) is 0 Å². The molecule has 0 aliphatic carbocycles. The van der Waals surface area contributed by atoms with Gasteiger partial charge in [-0.15, -0.1) is 0 Å². The number of hydrogen-bond acceptors (Lipinski definition) is 2. The first-order valence-electron chi connectivity index (χ1n) is 9.22. The van der Waals surface area contributed by atoms with Gasteiger partial charge in [0.2, 0.25) is 0 Å². The highest BCUT2D eigenvalue weighted by atomic mass is 16.1. The van der Waals surface area contributed by atoms with Gasteiger partial charge in [0.15, 0.2) is 0 Å². The minimum Gasteiger partial charge on any atom is -0.351 e. The number of hydrogen-bond donors (Lipinski definition) is 2. The van der Waals surface area contributed by atoms with Crippen LogP contribution in [0.25, 0.3) is 0 Å². The third kappa shape index (κ3) is 4.10. The minimum atomic E-state index is 0.00780. The average Bonchev–Trinajstić information content (AvgIpc) is 2.87. The summed E-state index contributed by atoms with van der Waals surface area (Å²) in [7, 11) is 0. The Kier molecular flexibility index (Phi) is 5.54. The minimum absolute atomic E-state index is 0.00780. The molecule has 132 valence electrons. The smallest absolute Gasteiger partial charge is 0.251 e. The van der Waals surface area contributed by atoms with E-state index in [2.05, 4.69) is 41.8 Å².